The predicted molar refractivity (Wildman–Crippen MR) is 63.2 cm³/mol. The molecule has 0 heterocycles. The number of rotatable bonds is 5. The highest BCUT2D eigenvalue weighted by atomic mass is 35.5. The second-order valence-electron chi connectivity index (χ2n) is 2.74. The molecule has 0 aromatic heterocycles. The van der Waals surface area contributed by atoms with Crippen LogP contribution in [0.25, 0.3) is 0 Å². The Hall–Kier alpha value is -0.000000000000000167. The molecule has 0 fully saturated rings. The molecule has 0 amide bonds. The first kappa shape index (κ1) is 16.4. The number of ketones is 1. The molecule has 6 heteroatoms. The first-order chi connectivity index (χ1) is 5.93. The summed E-state index contributed by atoms with van der Waals surface area (Å²) in [6.45, 7) is 2.85. The summed E-state index contributed by atoms with van der Waals surface area (Å²) in [4.78, 5) is 32.2. The highest BCUT2D eigenvalue weighted by molar-refractivity contribution is 8.13. The fourth-order valence-corrected chi connectivity index (χ4v) is 1.79. The van der Waals surface area contributed by atoms with E-state index in [1.165, 1.54) is 13.8 Å². The van der Waals surface area contributed by atoms with Gasteiger partial charge in [0.1, 0.15) is 5.78 Å². The molecule has 0 saturated heterocycles. The lowest BCUT2D eigenvalue weighted by Gasteiger charge is -2.08. The summed E-state index contributed by atoms with van der Waals surface area (Å²) in [5.41, 5.74) is 0. The van der Waals surface area contributed by atoms with Crippen molar-refractivity contribution in [2.45, 2.75) is 20.3 Å². The molecule has 0 saturated carbocycles. The van der Waals surface area contributed by atoms with Crippen LogP contribution >= 0.6 is 36.8 Å². The van der Waals surface area contributed by atoms with Crippen molar-refractivity contribution in [1.82, 2.24) is 0 Å². The lowest BCUT2D eigenvalue weighted by Crippen LogP contribution is -2.16. The Balaban J connectivity index is 0. The van der Waals surface area contributed by atoms with E-state index in [0.717, 1.165) is 11.8 Å². The van der Waals surface area contributed by atoms with E-state index < -0.39 is 5.92 Å². The predicted octanol–water partition coefficient (Wildman–Crippen LogP) is 1.74. The molecular weight excluding hydrogens is 244 g/mol. The molecule has 3 nitrogen and oxygen atoms in total. The Morgan fingerprint density at radius 3 is 2.07 bits per heavy atom. The van der Waals surface area contributed by atoms with Gasteiger partial charge in [-0.25, -0.2) is 0 Å². The minimum absolute atomic E-state index is 0. The second kappa shape index (κ2) is 8.32. The molecule has 0 aliphatic rings. The van der Waals surface area contributed by atoms with Gasteiger partial charge in [-0.2, -0.15) is 0 Å². The van der Waals surface area contributed by atoms with Crippen molar-refractivity contribution in [3.63, 3.8) is 0 Å². The summed E-state index contributed by atoms with van der Waals surface area (Å²) in [5.74, 6) is -0.150. The van der Waals surface area contributed by atoms with E-state index in [-0.39, 0.29) is 34.8 Å². The van der Waals surface area contributed by atoms with Crippen LogP contribution in [-0.2, 0) is 14.4 Å². The summed E-state index contributed by atoms with van der Waals surface area (Å²) in [7, 11) is 0. The molecule has 0 rings (SSSR count). The van der Waals surface area contributed by atoms with Gasteiger partial charge < -0.3 is 4.79 Å². The Morgan fingerprint density at radius 1 is 1.29 bits per heavy atom. The molecule has 0 bridgehead atoms. The van der Waals surface area contributed by atoms with E-state index in [9.17, 15) is 14.4 Å². The fraction of sp³-hybridized carbons (Fsp3) is 0.625. The number of thioether (sulfide) groups is 1. The molecule has 1 atom stereocenters. The van der Waals surface area contributed by atoms with Crippen LogP contribution in [0.2, 0.25) is 0 Å². The van der Waals surface area contributed by atoms with E-state index in [0.29, 0.717) is 5.75 Å². The Bertz CT molecular complexity index is 231. The van der Waals surface area contributed by atoms with Crippen molar-refractivity contribution < 1.29 is 14.4 Å². The van der Waals surface area contributed by atoms with Gasteiger partial charge in [0, 0.05) is 25.0 Å². The number of hydrogen-bond acceptors (Lipinski definition) is 4. The summed E-state index contributed by atoms with van der Waals surface area (Å²) in [6, 6.07) is 0. The molecule has 1 unspecified atom stereocenters. The zero-order chi connectivity index (χ0) is 10.4. The van der Waals surface area contributed by atoms with Crippen LogP contribution in [0.5, 0.6) is 0 Å². The third-order valence-electron chi connectivity index (χ3n) is 1.37. The maximum absolute atomic E-state index is 10.9. The van der Waals surface area contributed by atoms with Crippen molar-refractivity contribution in [3.8, 4) is 0 Å². The fourth-order valence-electron chi connectivity index (χ4n) is 0.782. The Kier molecular flexibility index (Phi) is 9.76. The number of halogens is 1. The van der Waals surface area contributed by atoms with Gasteiger partial charge in [-0.3, -0.25) is 9.59 Å². The largest absolute Gasteiger partial charge is 0.300 e. The third-order valence-corrected chi connectivity index (χ3v) is 2.71. The average Bonchev–Trinajstić information content (AvgIpc) is 1.96. The standard InChI is InChI=1S/C8H12O3S2.ClH/c1-5(9)3-7(8(11)12)4-13-6(2)10;/h7H,3-4H2,1-2H3,(H,11,12);1H. The van der Waals surface area contributed by atoms with Crippen molar-refractivity contribution >= 4 is 52.8 Å². The normalized spacial score (nSPS) is 11.4. The average molecular weight is 257 g/mol. The highest BCUT2D eigenvalue weighted by Gasteiger charge is 2.17. The molecule has 14 heavy (non-hydrogen) atoms. The van der Waals surface area contributed by atoms with Gasteiger partial charge in [0.05, 0.1) is 0 Å². The summed E-state index contributed by atoms with van der Waals surface area (Å²) >= 11 is 4.70. The molecule has 0 radical (unpaired) electrons. The van der Waals surface area contributed by atoms with Gasteiger partial charge in [-0.1, -0.05) is 11.8 Å². The highest BCUT2D eigenvalue weighted by Crippen LogP contribution is 2.15. The smallest absolute Gasteiger partial charge is 0.190 e. The maximum atomic E-state index is 10.9. The van der Waals surface area contributed by atoms with Gasteiger partial charge in [0.15, 0.2) is 10.2 Å². The van der Waals surface area contributed by atoms with Crippen molar-refractivity contribution in [2.24, 2.45) is 5.92 Å². The zero-order valence-electron chi connectivity index (χ0n) is 7.98. The minimum atomic E-state index is -0.435. The molecule has 0 aromatic rings. The quantitative estimate of drug-likeness (QED) is 0.762. The molecular formula is C8H13ClO3S2. The van der Waals surface area contributed by atoms with Gasteiger partial charge in [0.2, 0.25) is 0 Å². The monoisotopic (exact) mass is 256 g/mol. The summed E-state index contributed by atoms with van der Waals surface area (Å²) in [5, 5.41) is -0.382. The van der Waals surface area contributed by atoms with Crippen LogP contribution < -0.4 is 0 Å². The summed E-state index contributed by atoms with van der Waals surface area (Å²) < 4.78 is 0. The maximum Gasteiger partial charge on any atom is 0.190 e. The lowest BCUT2D eigenvalue weighted by molar-refractivity contribution is -0.121. The molecule has 0 aliphatic carbocycles. The van der Waals surface area contributed by atoms with E-state index in [4.69, 9.17) is 0 Å². The second-order valence-corrected chi connectivity index (χ2v) is 4.38. The first-order valence-corrected chi connectivity index (χ1v) is 5.22. The van der Waals surface area contributed by atoms with Gasteiger partial charge in [-0.15, -0.1) is 25.0 Å². The molecule has 0 N–H and O–H groups in total. The topological polar surface area (TPSA) is 51.2 Å². The molecule has 82 valence electrons. The van der Waals surface area contributed by atoms with E-state index >= 15 is 0 Å². The van der Waals surface area contributed by atoms with Crippen LogP contribution in [0.4, 0.5) is 0 Å². The number of carbonyl (C=O) groups is 3. The molecule has 0 aliphatic heterocycles. The van der Waals surface area contributed by atoms with Crippen molar-refractivity contribution in [3.05, 3.63) is 0 Å². The van der Waals surface area contributed by atoms with Crippen molar-refractivity contribution in [2.75, 3.05) is 5.75 Å². The number of thiol groups is 1. The Labute approximate surface area is 99.2 Å². The SMILES string of the molecule is CC(=O)CC(CSC(C)=O)C(=O)S.Cl. The third kappa shape index (κ3) is 8.59. The van der Waals surface area contributed by atoms with Crippen molar-refractivity contribution in [1.29, 1.82) is 0 Å². The van der Waals surface area contributed by atoms with Gasteiger partial charge in [0.25, 0.3) is 0 Å². The van der Waals surface area contributed by atoms with E-state index in [1.807, 2.05) is 0 Å². The molecule has 0 spiro atoms. The van der Waals surface area contributed by atoms with E-state index in [1.54, 1.807) is 0 Å². The van der Waals surface area contributed by atoms with Crippen LogP contribution in [0, 0.1) is 5.92 Å². The number of carbonyl (C=O) groups excluding carboxylic acids is 3. The Morgan fingerprint density at radius 2 is 1.79 bits per heavy atom. The van der Waals surface area contributed by atoms with E-state index in [2.05, 4.69) is 12.6 Å². The van der Waals surface area contributed by atoms with Crippen LogP contribution in [-0.4, -0.2) is 21.8 Å². The van der Waals surface area contributed by atoms with Crippen LogP contribution in [0.1, 0.15) is 20.3 Å². The first-order valence-electron chi connectivity index (χ1n) is 3.79. The van der Waals surface area contributed by atoms with Crippen LogP contribution in [0.3, 0.4) is 0 Å². The lowest BCUT2D eigenvalue weighted by atomic mass is 10.1. The van der Waals surface area contributed by atoms with Gasteiger partial charge in [-0.05, 0) is 6.92 Å². The zero-order valence-corrected chi connectivity index (χ0v) is 10.5. The number of Topliss-reactive ketones (excluding diaryl/α,β-unsaturated/α-hetero) is 1. The molecule has 0 aromatic carbocycles. The number of hydrogen-bond donors (Lipinski definition) is 1. The van der Waals surface area contributed by atoms with Gasteiger partial charge >= 0.3 is 0 Å². The minimum Gasteiger partial charge on any atom is -0.300 e. The summed E-state index contributed by atoms with van der Waals surface area (Å²) in [6.07, 6.45) is 0.169. The van der Waals surface area contributed by atoms with Crippen LogP contribution in [0.15, 0.2) is 0 Å².